The van der Waals surface area contributed by atoms with Gasteiger partial charge in [0.2, 0.25) is 10.0 Å². The zero-order valence-electron chi connectivity index (χ0n) is 17.7. The maximum atomic E-state index is 13.3. The molecule has 2 aromatic rings. The van der Waals surface area contributed by atoms with Crippen LogP contribution in [0.5, 0.6) is 11.5 Å². The molecular weight excluding hydrogens is 402 g/mol. The molecule has 0 aromatic heterocycles. The minimum absolute atomic E-state index is 0.0389. The average Bonchev–Trinajstić information content (AvgIpc) is 2.71. The Hall–Kier alpha value is -2.38. The summed E-state index contributed by atoms with van der Waals surface area (Å²) >= 11 is 0. The highest BCUT2D eigenvalue weighted by molar-refractivity contribution is 7.89. The number of ether oxygens (including phenoxy) is 2. The molecule has 162 valence electrons. The van der Waals surface area contributed by atoms with Gasteiger partial charge in [0.25, 0.3) is 0 Å². The van der Waals surface area contributed by atoms with Crippen LogP contribution in [0.2, 0.25) is 0 Å². The molecule has 1 atom stereocenters. The van der Waals surface area contributed by atoms with Crippen molar-refractivity contribution in [1.82, 2.24) is 4.31 Å². The molecule has 1 aliphatic carbocycles. The molecule has 6 nitrogen and oxygen atoms in total. The molecule has 0 aliphatic heterocycles. The molecule has 1 aliphatic rings. The first kappa shape index (κ1) is 22.3. The minimum Gasteiger partial charge on any atom is -0.497 e. The Kier molecular flexibility index (Phi) is 7.15. The van der Waals surface area contributed by atoms with E-state index in [1.165, 1.54) is 4.31 Å². The quantitative estimate of drug-likeness (QED) is 0.574. The largest absolute Gasteiger partial charge is 0.497 e. The van der Waals surface area contributed by atoms with Gasteiger partial charge in [0.1, 0.15) is 17.3 Å². The van der Waals surface area contributed by atoms with Crippen LogP contribution in [-0.2, 0) is 27.9 Å². The van der Waals surface area contributed by atoms with Crippen molar-refractivity contribution in [3.8, 4) is 11.5 Å². The number of nitrogens with zero attached hydrogens (tertiary/aromatic N) is 1. The van der Waals surface area contributed by atoms with E-state index in [1.807, 2.05) is 55.5 Å². The minimum atomic E-state index is -3.53. The standard InChI is InChI=1S/C23H29NO5S/c1-17(20-12-21(25)13-20)16-30(26,27)24(14-18-4-8-22(28-2)9-5-18)15-19-6-10-23(29-3)11-7-19/h4-11,17,20H,12-16H2,1-3H3/t17-/m1/s1. The normalized spacial score (nSPS) is 15.7. The van der Waals surface area contributed by atoms with Crippen LogP contribution < -0.4 is 9.47 Å². The third-order valence-electron chi connectivity index (χ3n) is 5.69. The summed E-state index contributed by atoms with van der Waals surface area (Å²) in [7, 11) is -0.330. The van der Waals surface area contributed by atoms with Crippen molar-refractivity contribution in [2.75, 3.05) is 20.0 Å². The van der Waals surface area contributed by atoms with Gasteiger partial charge in [0, 0.05) is 25.9 Å². The molecule has 2 aromatic carbocycles. The Morgan fingerprint density at radius 1 is 0.900 bits per heavy atom. The molecule has 1 saturated carbocycles. The predicted octanol–water partition coefficient (Wildman–Crippen LogP) is 3.65. The van der Waals surface area contributed by atoms with E-state index in [9.17, 15) is 13.2 Å². The van der Waals surface area contributed by atoms with Gasteiger partial charge in [-0.2, -0.15) is 4.31 Å². The predicted molar refractivity (Wildman–Crippen MR) is 116 cm³/mol. The second-order valence-electron chi connectivity index (χ2n) is 7.93. The lowest BCUT2D eigenvalue weighted by molar-refractivity contribution is -0.128. The molecule has 0 bridgehead atoms. The van der Waals surface area contributed by atoms with E-state index in [0.29, 0.717) is 12.8 Å². The number of rotatable bonds is 10. The molecule has 7 heteroatoms. The second kappa shape index (κ2) is 9.62. The van der Waals surface area contributed by atoms with Crippen LogP contribution >= 0.6 is 0 Å². The van der Waals surface area contributed by atoms with Crippen molar-refractivity contribution in [2.24, 2.45) is 11.8 Å². The third kappa shape index (κ3) is 5.61. The maximum absolute atomic E-state index is 13.3. The van der Waals surface area contributed by atoms with Gasteiger partial charge >= 0.3 is 0 Å². The van der Waals surface area contributed by atoms with Gasteiger partial charge in [-0.05, 0) is 47.2 Å². The Morgan fingerprint density at radius 2 is 1.33 bits per heavy atom. The molecule has 0 radical (unpaired) electrons. The highest BCUT2D eigenvalue weighted by Crippen LogP contribution is 2.32. The summed E-state index contributed by atoms with van der Waals surface area (Å²) < 4.78 is 38.5. The molecule has 0 saturated heterocycles. The van der Waals surface area contributed by atoms with Gasteiger partial charge in [0.15, 0.2) is 0 Å². The fraction of sp³-hybridized carbons (Fsp3) is 0.435. The molecule has 0 spiro atoms. The SMILES string of the molecule is COc1ccc(CN(Cc2ccc(OC)cc2)S(=O)(=O)C[C@@H](C)C2CC(=O)C2)cc1. The summed E-state index contributed by atoms with van der Waals surface area (Å²) in [6.07, 6.45) is 0.987. The third-order valence-corrected chi connectivity index (χ3v) is 7.68. The topological polar surface area (TPSA) is 72.9 Å². The Labute approximate surface area is 178 Å². The number of hydrogen-bond donors (Lipinski definition) is 0. The van der Waals surface area contributed by atoms with Crippen LogP contribution in [0.25, 0.3) is 0 Å². The van der Waals surface area contributed by atoms with Crippen LogP contribution in [-0.4, -0.2) is 38.5 Å². The van der Waals surface area contributed by atoms with Gasteiger partial charge in [-0.1, -0.05) is 31.2 Å². The summed E-state index contributed by atoms with van der Waals surface area (Å²) in [6, 6.07) is 14.8. The van der Waals surface area contributed by atoms with Crippen LogP contribution in [0, 0.1) is 11.8 Å². The zero-order valence-corrected chi connectivity index (χ0v) is 18.5. The maximum Gasteiger partial charge on any atom is 0.214 e. The van der Waals surface area contributed by atoms with Crippen molar-refractivity contribution in [1.29, 1.82) is 0 Å². The van der Waals surface area contributed by atoms with Crippen molar-refractivity contribution < 1.29 is 22.7 Å². The number of sulfonamides is 1. The highest BCUT2D eigenvalue weighted by Gasteiger charge is 2.35. The van der Waals surface area contributed by atoms with Gasteiger partial charge in [-0.3, -0.25) is 4.79 Å². The summed E-state index contributed by atoms with van der Waals surface area (Å²) in [5.74, 6) is 1.82. The fourth-order valence-electron chi connectivity index (χ4n) is 3.62. The molecule has 1 fully saturated rings. The summed E-state index contributed by atoms with van der Waals surface area (Å²) in [4.78, 5) is 11.3. The number of methoxy groups -OCH3 is 2. The number of carbonyl (C=O) groups excluding carboxylic acids is 1. The number of benzene rings is 2. The van der Waals surface area contributed by atoms with E-state index in [2.05, 4.69) is 0 Å². The van der Waals surface area contributed by atoms with Crippen molar-refractivity contribution in [2.45, 2.75) is 32.9 Å². The fourth-order valence-corrected chi connectivity index (χ4v) is 5.46. The van der Waals surface area contributed by atoms with E-state index in [0.717, 1.165) is 22.6 Å². The molecule has 0 N–H and O–H groups in total. The Balaban J connectivity index is 1.79. The van der Waals surface area contributed by atoms with Gasteiger partial charge in [-0.25, -0.2) is 8.42 Å². The van der Waals surface area contributed by atoms with Crippen LogP contribution in [0.4, 0.5) is 0 Å². The molecule has 0 unspecified atom stereocenters. The number of carbonyl (C=O) groups is 1. The van der Waals surface area contributed by atoms with Crippen LogP contribution in [0.3, 0.4) is 0 Å². The molecule has 0 amide bonds. The monoisotopic (exact) mass is 431 g/mol. The van der Waals surface area contributed by atoms with Crippen molar-refractivity contribution in [3.63, 3.8) is 0 Å². The van der Waals surface area contributed by atoms with E-state index >= 15 is 0 Å². The lowest BCUT2D eigenvalue weighted by atomic mass is 9.76. The summed E-state index contributed by atoms with van der Waals surface area (Å²) in [5, 5.41) is 0. The van der Waals surface area contributed by atoms with Gasteiger partial charge < -0.3 is 9.47 Å². The van der Waals surface area contributed by atoms with Crippen LogP contribution in [0.1, 0.15) is 30.9 Å². The summed E-state index contributed by atoms with van der Waals surface area (Å²) in [6.45, 7) is 2.47. The Morgan fingerprint density at radius 3 is 1.70 bits per heavy atom. The smallest absolute Gasteiger partial charge is 0.214 e. The highest BCUT2D eigenvalue weighted by atomic mass is 32.2. The van der Waals surface area contributed by atoms with E-state index < -0.39 is 10.0 Å². The lowest BCUT2D eigenvalue weighted by Crippen LogP contribution is -2.38. The number of hydrogen-bond acceptors (Lipinski definition) is 5. The number of Topliss-reactive ketones (excluding diaryl/α,β-unsaturated/α-hetero) is 1. The summed E-state index contributed by atoms with van der Waals surface area (Å²) in [5.41, 5.74) is 1.78. The van der Waals surface area contributed by atoms with E-state index in [-0.39, 0.29) is 36.5 Å². The first-order valence-electron chi connectivity index (χ1n) is 10.1. The molecule has 3 rings (SSSR count). The van der Waals surface area contributed by atoms with Crippen molar-refractivity contribution >= 4 is 15.8 Å². The molecular formula is C23H29NO5S. The average molecular weight is 432 g/mol. The van der Waals surface area contributed by atoms with E-state index in [1.54, 1.807) is 14.2 Å². The van der Waals surface area contributed by atoms with E-state index in [4.69, 9.17) is 9.47 Å². The van der Waals surface area contributed by atoms with Gasteiger partial charge in [-0.15, -0.1) is 0 Å². The van der Waals surface area contributed by atoms with Gasteiger partial charge in [0.05, 0.1) is 20.0 Å². The molecule has 30 heavy (non-hydrogen) atoms. The van der Waals surface area contributed by atoms with Crippen LogP contribution in [0.15, 0.2) is 48.5 Å². The lowest BCUT2D eigenvalue weighted by Gasteiger charge is -2.32. The van der Waals surface area contributed by atoms with Crippen molar-refractivity contribution in [3.05, 3.63) is 59.7 Å². The number of ketones is 1. The first-order chi connectivity index (χ1) is 14.3. The second-order valence-corrected chi connectivity index (χ2v) is 9.94. The Bertz CT molecular complexity index is 897. The zero-order chi connectivity index (χ0) is 21.7. The first-order valence-corrected chi connectivity index (χ1v) is 11.7. The molecule has 0 heterocycles.